The van der Waals surface area contributed by atoms with Crippen LogP contribution in [-0.4, -0.2) is 45.4 Å². The number of rotatable bonds is 5. The lowest BCUT2D eigenvalue weighted by Gasteiger charge is -2.24. The average Bonchev–Trinajstić information content (AvgIpc) is 2.80. The van der Waals surface area contributed by atoms with Gasteiger partial charge in [-0.2, -0.15) is 0 Å². The van der Waals surface area contributed by atoms with Crippen LogP contribution in [0.5, 0.6) is 0 Å². The summed E-state index contributed by atoms with van der Waals surface area (Å²) in [5.74, 6) is 0.208. The van der Waals surface area contributed by atoms with Crippen LogP contribution in [0.1, 0.15) is 18.9 Å². The molecule has 0 fully saturated rings. The molecule has 0 saturated carbocycles. The van der Waals surface area contributed by atoms with Crippen molar-refractivity contribution in [3.05, 3.63) is 54.1 Å². The van der Waals surface area contributed by atoms with Crippen molar-refractivity contribution in [2.45, 2.75) is 30.0 Å². The zero-order valence-corrected chi connectivity index (χ0v) is 17.6. The van der Waals surface area contributed by atoms with Gasteiger partial charge in [0, 0.05) is 42.0 Å². The third-order valence-corrected chi connectivity index (χ3v) is 6.19. The average molecular weight is 385 g/mol. The standard InChI is InChI=1S/C22H29N3OS/c1-17-13-14-25(20-7-5-6-8-21(20)27-17)22(26)16-24(4)15-18-9-11-19(12-10-18)23(2)3/h5-12,17H,13-16H2,1-4H3/p+1/t17-/m1/s1. The molecular weight excluding hydrogens is 354 g/mol. The first-order chi connectivity index (χ1) is 12.9. The highest BCUT2D eigenvalue weighted by Crippen LogP contribution is 2.37. The van der Waals surface area contributed by atoms with E-state index in [1.165, 1.54) is 21.0 Å². The summed E-state index contributed by atoms with van der Waals surface area (Å²) in [7, 11) is 6.19. The molecule has 27 heavy (non-hydrogen) atoms. The van der Waals surface area contributed by atoms with Gasteiger partial charge >= 0.3 is 0 Å². The van der Waals surface area contributed by atoms with Gasteiger partial charge in [-0.05, 0) is 30.7 Å². The van der Waals surface area contributed by atoms with E-state index in [2.05, 4.69) is 61.3 Å². The third kappa shape index (κ3) is 5.05. The predicted octanol–water partition coefficient (Wildman–Crippen LogP) is 2.68. The second kappa shape index (κ2) is 8.81. The Hall–Kier alpha value is -1.98. The third-order valence-electron chi connectivity index (χ3n) is 4.96. The lowest BCUT2D eigenvalue weighted by atomic mass is 10.2. The maximum absolute atomic E-state index is 13.1. The number of carbonyl (C=O) groups excluding carboxylic acids is 1. The van der Waals surface area contributed by atoms with Gasteiger partial charge in [0.15, 0.2) is 6.54 Å². The van der Waals surface area contributed by atoms with Crippen molar-refractivity contribution in [1.82, 2.24) is 0 Å². The van der Waals surface area contributed by atoms with Crippen molar-refractivity contribution in [2.75, 3.05) is 44.0 Å². The minimum Gasteiger partial charge on any atom is -0.378 e. The number of nitrogens with one attached hydrogen (secondary N) is 1. The molecule has 144 valence electrons. The van der Waals surface area contributed by atoms with Gasteiger partial charge in [-0.25, -0.2) is 0 Å². The fourth-order valence-corrected chi connectivity index (χ4v) is 4.54. The van der Waals surface area contributed by atoms with E-state index in [-0.39, 0.29) is 5.91 Å². The number of carbonyl (C=O) groups is 1. The predicted molar refractivity (Wildman–Crippen MR) is 115 cm³/mol. The van der Waals surface area contributed by atoms with Crippen LogP contribution < -0.4 is 14.7 Å². The number of quaternary nitrogens is 1. The first-order valence-electron chi connectivity index (χ1n) is 9.57. The summed E-state index contributed by atoms with van der Waals surface area (Å²) in [6.45, 7) is 4.39. The molecule has 0 radical (unpaired) electrons. The van der Waals surface area contributed by atoms with Gasteiger partial charge in [0.25, 0.3) is 5.91 Å². The minimum atomic E-state index is 0.208. The number of para-hydroxylation sites is 1. The highest BCUT2D eigenvalue weighted by atomic mass is 32.2. The Morgan fingerprint density at radius 3 is 2.59 bits per heavy atom. The number of hydrogen-bond acceptors (Lipinski definition) is 3. The summed E-state index contributed by atoms with van der Waals surface area (Å²) in [4.78, 5) is 19.6. The maximum atomic E-state index is 13.1. The Morgan fingerprint density at radius 2 is 1.89 bits per heavy atom. The highest BCUT2D eigenvalue weighted by Gasteiger charge is 2.25. The Balaban J connectivity index is 1.66. The van der Waals surface area contributed by atoms with Gasteiger partial charge in [0.1, 0.15) is 6.54 Å². The van der Waals surface area contributed by atoms with Crippen LogP contribution in [0.4, 0.5) is 11.4 Å². The molecule has 0 aromatic heterocycles. The maximum Gasteiger partial charge on any atom is 0.282 e. The summed E-state index contributed by atoms with van der Waals surface area (Å²) in [6, 6.07) is 16.9. The quantitative estimate of drug-likeness (QED) is 0.859. The van der Waals surface area contributed by atoms with E-state index in [0.717, 1.165) is 25.2 Å². The summed E-state index contributed by atoms with van der Waals surface area (Å²) >= 11 is 1.87. The van der Waals surface area contributed by atoms with Crippen LogP contribution in [0.15, 0.2) is 53.4 Å². The van der Waals surface area contributed by atoms with Gasteiger partial charge in [0.05, 0.1) is 12.7 Å². The summed E-state index contributed by atoms with van der Waals surface area (Å²) in [6.07, 6.45) is 1.02. The summed E-state index contributed by atoms with van der Waals surface area (Å²) in [5, 5.41) is 0.532. The number of anilines is 2. The zero-order valence-electron chi connectivity index (χ0n) is 16.7. The molecule has 2 aromatic carbocycles. The fraction of sp³-hybridized carbons (Fsp3) is 0.409. The van der Waals surface area contributed by atoms with Crippen LogP contribution in [0.3, 0.4) is 0 Å². The molecule has 1 aliphatic heterocycles. The Labute approximate surface area is 167 Å². The van der Waals surface area contributed by atoms with Crippen molar-refractivity contribution in [2.24, 2.45) is 0 Å². The molecule has 3 rings (SSSR count). The monoisotopic (exact) mass is 384 g/mol. The smallest absolute Gasteiger partial charge is 0.282 e. The molecule has 0 aliphatic carbocycles. The lowest BCUT2D eigenvalue weighted by Crippen LogP contribution is -3.09. The molecule has 2 aromatic rings. The topological polar surface area (TPSA) is 28.0 Å². The second-order valence-corrected chi connectivity index (χ2v) is 9.08. The normalized spacial score (nSPS) is 17.8. The van der Waals surface area contributed by atoms with E-state index in [0.29, 0.717) is 11.8 Å². The number of thioether (sulfide) groups is 1. The van der Waals surface area contributed by atoms with Gasteiger partial charge in [-0.3, -0.25) is 4.79 Å². The fourth-order valence-electron chi connectivity index (χ4n) is 3.42. The number of nitrogens with zero attached hydrogens (tertiary/aromatic N) is 2. The minimum absolute atomic E-state index is 0.208. The molecule has 1 aliphatic rings. The van der Waals surface area contributed by atoms with E-state index < -0.39 is 0 Å². The van der Waals surface area contributed by atoms with Crippen molar-refractivity contribution in [3.63, 3.8) is 0 Å². The molecule has 5 heteroatoms. The van der Waals surface area contributed by atoms with Gasteiger partial charge in [-0.1, -0.05) is 31.2 Å². The van der Waals surface area contributed by atoms with Crippen molar-refractivity contribution < 1.29 is 9.69 Å². The first kappa shape index (κ1) is 19.8. The molecule has 1 unspecified atom stereocenters. The number of fused-ring (bicyclic) bond motifs is 1. The van der Waals surface area contributed by atoms with E-state index in [1.54, 1.807) is 0 Å². The number of benzene rings is 2. The van der Waals surface area contributed by atoms with E-state index in [1.807, 2.05) is 36.8 Å². The Morgan fingerprint density at radius 1 is 1.19 bits per heavy atom. The second-order valence-electron chi connectivity index (χ2n) is 7.60. The van der Waals surface area contributed by atoms with Crippen molar-refractivity contribution in [3.8, 4) is 0 Å². The molecule has 1 heterocycles. The number of likely N-dealkylation sites (N-methyl/N-ethyl adjacent to an activating group) is 1. The van der Waals surface area contributed by atoms with E-state index in [4.69, 9.17) is 0 Å². The first-order valence-corrected chi connectivity index (χ1v) is 10.5. The van der Waals surface area contributed by atoms with Crippen LogP contribution in [0.2, 0.25) is 0 Å². The largest absolute Gasteiger partial charge is 0.378 e. The van der Waals surface area contributed by atoms with E-state index in [9.17, 15) is 4.79 Å². The van der Waals surface area contributed by atoms with Crippen LogP contribution in [0.25, 0.3) is 0 Å². The molecule has 2 atom stereocenters. The summed E-state index contributed by atoms with van der Waals surface area (Å²) in [5.41, 5.74) is 3.52. The molecule has 4 nitrogen and oxygen atoms in total. The van der Waals surface area contributed by atoms with Crippen LogP contribution >= 0.6 is 11.8 Å². The molecule has 0 spiro atoms. The number of hydrogen-bond donors (Lipinski definition) is 1. The lowest BCUT2D eigenvalue weighted by molar-refractivity contribution is -0.885. The van der Waals surface area contributed by atoms with E-state index >= 15 is 0 Å². The molecule has 1 amide bonds. The number of amides is 1. The Kier molecular flexibility index (Phi) is 6.45. The Bertz CT molecular complexity index is 775. The summed E-state index contributed by atoms with van der Waals surface area (Å²) < 4.78 is 0. The molecule has 1 N–H and O–H groups in total. The molecular formula is C22H30N3OS+. The molecule has 0 bridgehead atoms. The van der Waals surface area contributed by atoms with Gasteiger partial charge in [0.2, 0.25) is 0 Å². The zero-order chi connectivity index (χ0) is 19.4. The van der Waals surface area contributed by atoms with Crippen LogP contribution in [0, 0.1) is 0 Å². The van der Waals surface area contributed by atoms with Crippen LogP contribution in [-0.2, 0) is 11.3 Å². The van der Waals surface area contributed by atoms with Gasteiger partial charge < -0.3 is 14.7 Å². The van der Waals surface area contributed by atoms with Crippen molar-refractivity contribution in [1.29, 1.82) is 0 Å². The SMILES string of the molecule is C[C@@H]1CCN(C(=O)C[NH+](C)Cc2ccc(N(C)C)cc2)c2ccccc2S1. The molecule has 0 saturated heterocycles. The highest BCUT2D eigenvalue weighted by molar-refractivity contribution is 8.00. The van der Waals surface area contributed by atoms with Crippen molar-refractivity contribution >= 4 is 29.0 Å². The van der Waals surface area contributed by atoms with Gasteiger partial charge in [-0.15, -0.1) is 11.8 Å².